The van der Waals surface area contributed by atoms with E-state index in [1.807, 2.05) is 0 Å². The Kier molecular flexibility index (Phi) is 11.1. The van der Waals surface area contributed by atoms with Gasteiger partial charge in [0, 0.05) is 5.57 Å². The van der Waals surface area contributed by atoms with Crippen LogP contribution in [-0.4, -0.2) is 73.3 Å². The van der Waals surface area contributed by atoms with Crippen molar-refractivity contribution in [1.29, 1.82) is 0 Å². The highest BCUT2D eigenvalue weighted by molar-refractivity contribution is 5.97. The highest BCUT2D eigenvalue weighted by Gasteiger charge is 2.70. The summed E-state index contributed by atoms with van der Waals surface area (Å²) in [4.78, 5) is 35.8. The molecule has 5 unspecified atom stereocenters. The van der Waals surface area contributed by atoms with E-state index in [0.29, 0.717) is 0 Å². The SMILES string of the molecule is C=C(C(=O)OC(F)(C(F)F)C(F)(F)F)C(C(=O)OC(F)(C(F)F)C(F)(F)F)C(C)C(=O)OC(F)(C(F)F)C(F)(F)F. The second-order valence-electron chi connectivity index (χ2n) is 7.35. The lowest BCUT2D eigenvalue weighted by atomic mass is 9.87. The normalized spacial score (nSPS) is 19.1. The minimum atomic E-state index is -6.95. The van der Waals surface area contributed by atoms with Crippen LogP contribution in [0, 0.1) is 11.8 Å². The molecule has 41 heavy (non-hydrogen) atoms. The Morgan fingerprint density at radius 1 is 0.537 bits per heavy atom. The van der Waals surface area contributed by atoms with Crippen LogP contribution in [0.2, 0.25) is 0 Å². The number of ether oxygens (including phenoxy) is 3. The second kappa shape index (κ2) is 12.0. The Hall–Kier alpha value is -3.11. The molecule has 0 fully saturated rings. The average molecular weight is 652 g/mol. The lowest BCUT2D eigenvalue weighted by Gasteiger charge is -2.32. The summed E-state index contributed by atoms with van der Waals surface area (Å²) >= 11 is 0. The molecule has 0 aromatic carbocycles. The van der Waals surface area contributed by atoms with Gasteiger partial charge in [-0.15, -0.1) is 0 Å². The summed E-state index contributed by atoms with van der Waals surface area (Å²) in [6.07, 6.45) is -36.9. The molecule has 5 atom stereocenters. The lowest BCUT2D eigenvalue weighted by Crippen LogP contribution is -2.54. The molecule has 0 radical (unpaired) electrons. The van der Waals surface area contributed by atoms with Crippen LogP contribution in [0.15, 0.2) is 12.2 Å². The van der Waals surface area contributed by atoms with Gasteiger partial charge in [-0.05, 0) is 0 Å². The number of esters is 3. The Morgan fingerprint density at radius 3 is 1.07 bits per heavy atom. The molecule has 0 aliphatic carbocycles. The Labute approximate surface area is 213 Å². The minimum absolute atomic E-state index is 0.232. The number of alkyl halides is 18. The number of carbonyl (C=O) groups is 3. The second-order valence-corrected chi connectivity index (χ2v) is 7.35. The Balaban J connectivity index is 6.86. The summed E-state index contributed by atoms with van der Waals surface area (Å²) in [5.41, 5.74) is -2.56. The molecule has 0 aromatic heterocycles. The molecule has 0 heterocycles. The van der Waals surface area contributed by atoms with Gasteiger partial charge in [0.05, 0.1) is 5.92 Å². The fourth-order valence-corrected chi connectivity index (χ4v) is 2.24. The molecule has 0 rings (SSSR count). The summed E-state index contributed by atoms with van der Waals surface area (Å²) in [7, 11) is 0. The third kappa shape index (κ3) is 7.60. The minimum Gasteiger partial charge on any atom is -0.415 e. The summed E-state index contributed by atoms with van der Waals surface area (Å²) in [6.45, 7) is 1.97. The molecule has 0 N–H and O–H groups in total. The zero-order chi connectivity index (χ0) is 33.3. The first kappa shape index (κ1) is 37.9. The lowest BCUT2D eigenvalue weighted by molar-refractivity contribution is -0.359. The van der Waals surface area contributed by atoms with Crippen molar-refractivity contribution in [2.45, 2.75) is 62.3 Å². The summed E-state index contributed by atoms with van der Waals surface area (Å²) in [5.74, 6) is -36.6. The zero-order valence-electron chi connectivity index (χ0n) is 18.8. The molecule has 0 aromatic rings. The van der Waals surface area contributed by atoms with E-state index < -0.39 is 90.7 Å². The maximum atomic E-state index is 13.8. The fraction of sp³-hybridized carbons (Fsp3) is 0.706. The van der Waals surface area contributed by atoms with Crippen molar-refractivity contribution in [3.63, 3.8) is 0 Å². The molecule has 0 saturated heterocycles. The molecular formula is C17H10F18O6. The molecule has 0 bridgehead atoms. The van der Waals surface area contributed by atoms with Crippen LogP contribution in [0.25, 0.3) is 0 Å². The van der Waals surface area contributed by atoms with Crippen molar-refractivity contribution < 1.29 is 108 Å². The van der Waals surface area contributed by atoms with Crippen molar-refractivity contribution in [2.75, 3.05) is 0 Å². The van der Waals surface area contributed by atoms with E-state index >= 15 is 0 Å². The number of hydrogen-bond acceptors (Lipinski definition) is 6. The number of carbonyl (C=O) groups excluding carboxylic acids is 3. The van der Waals surface area contributed by atoms with Gasteiger partial charge >= 0.3 is 73.3 Å². The van der Waals surface area contributed by atoms with Gasteiger partial charge < -0.3 is 14.2 Å². The van der Waals surface area contributed by atoms with Gasteiger partial charge in [0.15, 0.2) is 0 Å². The van der Waals surface area contributed by atoms with E-state index in [2.05, 4.69) is 20.8 Å². The number of rotatable bonds is 11. The van der Waals surface area contributed by atoms with Crippen molar-refractivity contribution in [1.82, 2.24) is 0 Å². The summed E-state index contributed by atoms with van der Waals surface area (Å²) in [6, 6.07) is 0. The smallest absolute Gasteiger partial charge is 0.415 e. The molecule has 24 heteroatoms. The quantitative estimate of drug-likeness (QED) is 0.120. The first-order valence-electron chi connectivity index (χ1n) is 9.41. The van der Waals surface area contributed by atoms with Crippen LogP contribution >= 0.6 is 0 Å². The zero-order valence-corrected chi connectivity index (χ0v) is 18.8. The molecule has 0 saturated carbocycles. The maximum absolute atomic E-state index is 13.8. The van der Waals surface area contributed by atoms with Gasteiger partial charge in [-0.1, -0.05) is 13.5 Å². The molecular weight excluding hydrogens is 642 g/mol. The molecule has 240 valence electrons. The largest absolute Gasteiger partial charge is 0.466 e. The van der Waals surface area contributed by atoms with Gasteiger partial charge in [0.25, 0.3) is 0 Å². The third-order valence-electron chi connectivity index (χ3n) is 4.50. The van der Waals surface area contributed by atoms with Gasteiger partial charge in [0.2, 0.25) is 0 Å². The van der Waals surface area contributed by atoms with E-state index in [-0.39, 0.29) is 6.92 Å². The van der Waals surface area contributed by atoms with Crippen LogP contribution in [0.5, 0.6) is 0 Å². The van der Waals surface area contributed by atoms with Gasteiger partial charge in [-0.2, -0.15) is 52.7 Å². The van der Waals surface area contributed by atoms with Crippen molar-refractivity contribution in [2.24, 2.45) is 11.8 Å². The van der Waals surface area contributed by atoms with Crippen LogP contribution in [0.1, 0.15) is 6.92 Å². The highest BCUT2D eigenvalue weighted by Crippen LogP contribution is 2.44. The van der Waals surface area contributed by atoms with Gasteiger partial charge in [-0.25, -0.2) is 31.1 Å². The summed E-state index contributed by atoms with van der Waals surface area (Å²) in [5, 5.41) is 0. The number of hydrogen-bond donors (Lipinski definition) is 0. The topological polar surface area (TPSA) is 78.9 Å². The predicted molar refractivity (Wildman–Crippen MR) is 87.8 cm³/mol. The van der Waals surface area contributed by atoms with E-state index in [1.165, 1.54) is 0 Å². The van der Waals surface area contributed by atoms with E-state index in [1.54, 1.807) is 0 Å². The van der Waals surface area contributed by atoms with Crippen molar-refractivity contribution >= 4 is 17.9 Å². The van der Waals surface area contributed by atoms with Crippen LogP contribution < -0.4 is 0 Å². The van der Waals surface area contributed by atoms with Crippen molar-refractivity contribution in [3.8, 4) is 0 Å². The first-order chi connectivity index (χ1) is 17.9. The van der Waals surface area contributed by atoms with Crippen molar-refractivity contribution in [3.05, 3.63) is 12.2 Å². The highest BCUT2D eigenvalue weighted by atomic mass is 19.4. The fourth-order valence-electron chi connectivity index (χ4n) is 2.24. The molecule has 0 spiro atoms. The van der Waals surface area contributed by atoms with E-state index in [9.17, 15) is 93.4 Å². The van der Waals surface area contributed by atoms with E-state index in [4.69, 9.17) is 0 Å². The molecule has 6 nitrogen and oxygen atoms in total. The van der Waals surface area contributed by atoms with Crippen LogP contribution in [-0.2, 0) is 28.6 Å². The molecule has 0 aliphatic rings. The Bertz CT molecular complexity index is 990. The Morgan fingerprint density at radius 2 is 0.805 bits per heavy atom. The van der Waals surface area contributed by atoms with E-state index in [0.717, 1.165) is 0 Å². The molecule has 0 aliphatic heterocycles. The van der Waals surface area contributed by atoms with Gasteiger partial charge in [0.1, 0.15) is 5.92 Å². The monoisotopic (exact) mass is 652 g/mol. The molecule has 0 amide bonds. The standard InChI is InChI=1S/C17H10F18O6/c1-3(6(36)39-12(24,9(18)19)15(27,28)29)5(8(38)41-14(26,11(22)23)17(33,34)35)4(2)7(37)40-13(25,10(20)21)16(30,31)32/h4-5,9-11H,1H2,2H3. The van der Waals surface area contributed by atoms with Crippen LogP contribution in [0.4, 0.5) is 79.0 Å². The summed E-state index contributed by atoms with van der Waals surface area (Å²) < 4.78 is 240. The third-order valence-corrected chi connectivity index (χ3v) is 4.50. The van der Waals surface area contributed by atoms with Crippen LogP contribution in [0.3, 0.4) is 0 Å². The number of halogens is 18. The first-order valence-corrected chi connectivity index (χ1v) is 9.41. The maximum Gasteiger partial charge on any atom is 0.466 e. The van der Waals surface area contributed by atoms with Gasteiger partial charge in [-0.3, -0.25) is 9.59 Å². The average Bonchev–Trinajstić information content (AvgIpc) is 2.75. The predicted octanol–water partition coefficient (Wildman–Crippen LogP) is 5.90.